The van der Waals surface area contributed by atoms with Crippen LogP contribution in [0.1, 0.15) is 19.4 Å². The Kier molecular flexibility index (Phi) is 5.00. The van der Waals surface area contributed by atoms with E-state index in [1.54, 1.807) is 12.1 Å². The summed E-state index contributed by atoms with van der Waals surface area (Å²) in [5.74, 6) is 0.269. The van der Waals surface area contributed by atoms with Crippen LogP contribution in [-0.2, 0) is 0 Å². The van der Waals surface area contributed by atoms with E-state index in [1.807, 2.05) is 0 Å². The van der Waals surface area contributed by atoms with Gasteiger partial charge in [-0.2, -0.15) is 0 Å². The fraction of sp³-hybridized carbons (Fsp3) is 0.333. The predicted octanol–water partition coefficient (Wildman–Crippen LogP) is 5.02. The summed E-state index contributed by atoms with van der Waals surface area (Å²) >= 11 is 6.63. The normalized spacial score (nSPS) is 12.3. The zero-order valence-electron chi connectivity index (χ0n) is 8.73. The first-order valence-electron chi connectivity index (χ1n) is 4.76. The highest BCUT2D eigenvalue weighted by molar-refractivity contribution is 9.10. The van der Waals surface area contributed by atoms with Gasteiger partial charge in [0.15, 0.2) is 0 Å². The molecule has 0 atom stereocenters. The Bertz CT molecular complexity index is 370. The molecule has 0 aliphatic rings. The smallest absolute Gasteiger partial charge is 0.137 e. The van der Waals surface area contributed by atoms with Crippen molar-refractivity contribution in [3.8, 4) is 0 Å². The van der Waals surface area contributed by atoms with Crippen LogP contribution >= 0.6 is 31.9 Å². The molecule has 0 bridgehead atoms. The molecule has 0 aliphatic carbocycles. The second kappa shape index (κ2) is 5.80. The van der Waals surface area contributed by atoms with Crippen molar-refractivity contribution in [2.24, 2.45) is 5.92 Å². The van der Waals surface area contributed by atoms with Crippen molar-refractivity contribution in [3.63, 3.8) is 0 Å². The van der Waals surface area contributed by atoms with Crippen LogP contribution in [0.5, 0.6) is 0 Å². The number of alkyl halides is 1. The van der Waals surface area contributed by atoms with Crippen molar-refractivity contribution in [1.82, 2.24) is 0 Å². The number of halogens is 3. The molecule has 82 valence electrons. The minimum atomic E-state index is -0.225. The van der Waals surface area contributed by atoms with E-state index in [4.69, 9.17) is 0 Å². The van der Waals surface area contributed by atoms with Crippen molar-refractivity contribution in [2.75, 3.05) is 5.33 Å². The Labute approximate surface area is 107 Å². The quantitative estimate of drug-likeness (QED) is 0.680. The molecular formula is C12H13Br2F. The largest absolute Gasteiger partial charge is 0.206 e. The molecule has 0 aromatic heterocycles. The van der Waals surface area contributed by atoms with E-state index in [2.05, 4.69) is 51.8 Å². The first-order valence-corrected chi connectivity index (χ1v) is 6.67. The van der Waals surface area contributed by atoms with Gasteiger partial charge in [-0.15, -0.1) is 0 Å². The fourth-order valence-corrected chi connectivity index (χ4v) is 2.38. The summed E-state index contributed by atoms with van der Waals surface area (Å²) in [5, 5.41) is 0.847. The minimum Gasteiger partial charge on any atom is -0.206 e. The Morgan fingerprint density at radius 3 is 2.60 bits per heavy atom. The zero-order chi connectivity index (χ0) is 11.4. The maximum Gasteiger partial charge on any atom is 0.137 e. The first kappa shape index (κ1) is 12.9. The molecule has 1 aromatic rings. The molecule has 0 heterocycles. The van der Waals surface area contributed by atoms with E-state index < -0.39 is 0 Å². The number of hydrogen-bond donors (Lipinski definition) is 0. The lowest BCUT2D eigenvalue weighted by Gasteiger charge is -2.08. The molecular weight excluding hydrogens is 323 g/mol. The van der Waals surface area contributed by atoms with Crippen molar-refractivity contribution in [3.05, 3.63) is 39.6 Å². The molecule has 0 amide bonds. The van der Waals surface area contributed by atoms with Gasteiger partial charge in [-0.25, -0.2) is 4.39 Å². The molecule has 1 rings (SSSR count). The number of allylic oxidation sites excluding steroid dienone is 1. The van der Waals surface area contributed by atoms with E-state index in [-0.39, 0.29) is 5.82 Å². The van der Waals surface area contributed by atoms with Crippen molar-refractivity contribution < 1.29 is 4.39 Å². The predicted molar refractivity (Wildman–Crippen MR) is 70.7 cm³/mol. The summed E-state index contributed by atoms with van der Waals surface area (Å²) in [6, 6.07) is 5.05. The molecule has 0 radical (unpaired) electrons. The van der Waals surface area contributed by atoms with Crippen LogP contribution in [0.25, 0.3) is 6.08 Å². The highest BCUT2D eigenvalue weighted by Gasteiger charge is 2.03. The molecule has 15 heavy (non-hydrogen) atoms. The summed E-state index contributed by atoms with van der Waals surface area (Å²) in [7, 11) is 0. The molecule has 0 spiro atoms. The Hall–Kier alpha value is -0.150. The van der Waals surface area contributed by atoms with Gasteiger partial charge in [0.25, 0.3) is 0 Å². The van der Waals surface area contributed by atoms with Gasteiger partial charge < -0.3 is 0 Å². The lowest BCUT2D eigenvalue weighted by atomic mass is 10.0. The van der Waals surface area contributed by atoms with Crippen LogP contribution in [0.2, 0.25) is 0 Å². The van der Waals surface area contributed by atoms with Crippen molar-refractivity contribution in [2.45, 2.75) is 13.8 Å². The summed E-state index contributed by atoms with van der Waals surface area (Å²) in [4.78, 5) is 0. The molecule has 0 nitrogen and oxygen atoms in total. The lowest BCUT2D eigenvalue weighted by Crippen LogP contribution is -1.94. The van der Waals surface area contributed by atoms with E-state index in [0.717, 1.165) is 10.9 Å². The zero-order valence-corrected chi connectivity index (χ0v) is 11.9. The second-order valence-electron chi connectivity index (χ2n) is 3.68. The lowest BCUT2D eigenvalue weighted by molar-refractivity contribution is 0.621. The van der Waals surface area contributed by atoms with Crippen LogP contribution in [-0.4, -0.2) is 5.33 Å². The number of rotatable bonds is 3. The Balaban J connectivity index is 3.01. The average Bonchev–Trinajstić information content (AvgIpc) is 2.19. The summed E-state index contributed by atoms with van der Waals surface area (Å²) in [6.07, 6.45) is 2.09. The Morgan fingerprint density at radius 1 is 1.47 bits per heavy atom. The number of benzene rings is 1. The minimum absolute atomic E-state index is 0.225. The number of hydrogen-bond acceptors (Lipinski definition) is 0. The van der Waals surface area contributed by atoms with E-state index in [1.165, 1.54) is 11.6 Å². The maximum absolute atomic E-state index is 13.0. The monoisotopic (exact) mass is 334 g/mol. The fourth-order valence-electron chi connectivity index (χ4n) is 1.18. The first-order chi connectivity index (χ1) is 7.04. The van der Waals surface area contributed by atoms with Gasteiger partial charge in [-0.1, -0.05) is 47.5 Å². The van der Waals surface area contributed by atoms with Crippen LogP contribution in [0, 0.1) is 11.7 Å². The molecule has 0 fully saturated rings. The topological polar surface area (TPSA) is 0 Å². The molecule has 0 aliphatic heterocycles. The third-order valence-electron chi connectivity index (χ3n) is 2.19. The van der Waals surface area contributed by atoms with Gasteiger partial charge in [0.05, 0.1) is 4.47 Å². The van der Waals surface area contributed by atoms with Crippen LogP contribution in [0.15, 0.2) is 28.2 Å². The molecule has 0 unspecified atom stereocenters. The Morgan fingerprint density at radius 2 is 2.13 bits per heavy atom. The molecule has 0 saturated carbocycles. The van der Waals surface area contributed by atoms with E-state index >= 15 is 0 Å². The van der Waals surface area contributed by atoms with Crippen LogP contribution in [0.3, 0.4) is 0 Å². The molecule has 1 aromatic carbocycles. The van der Waals surface area contributed by atoms with Gasteiger partial charge in [-0.05, 0) is 39.5 Å². The van der Waals surface area contributed by atoms with Gasteiger partial charge in [0, 0.05) is 5.33 Å². The van der Waals surface area contributed by atoms with Gasteiger partial charge in [-0.3, -0.25) is 0 Å². The average molecular weight is 336 g/mol. The third kappa shape index (κ3) is 3.72. The standard InChI is InChI=1S/C12H13Br2F/c1-8(2)10(7-13)5-9-3-4-12(15)11(14)6-9/h3-6,8H,7H2,1-2H3/b10-5+. The van der Waals surface area contributed by atoms with Crippen molar-refractivity contribution in [1.29, 1.82) is 0 Å². The SMILES string of the molecule is CC(C)/C(=C/c1ccc(F)c(Br)c1)CBr. The molecule has 0 saturated heterocycles. The van der Waals surface area contributed by atoms with Gasteiger partial charge >= 0.3 is 0 Å². The maximum atomic E-state index is 13.0. The summed E-state index contributed by atoms with van der Waals surface area (Å²) in [5.41, 5.74) is 2.32. The van der Waals surface area contributed by atoms with Crippen LogP contribution in [0.4, 0.5) is 4.39 Å². The van der Waals surface area contributed by atoms with E-state index in [9.17, 15) is 4.39 Å². The highest BCUT2D eigenvalue weighted by Crippen LogP contribution is 2.21. The van der Waals surface area contributed by atoms with Gasteiger partial charge in [0.2, 0.25) is 0 Å². The van der Waals surface area contributed by atoms with Crippen LogP contribution < -0.4 is 0 Å². The third-order valence-corrected chi connectivity index (χ3v) is 3.45. The molecule has 0 N–H and O–H groups in total. The second-order valence-corrected chi connectivity index (χ2v) is 5.10. The van der Waals surface area contributed by atoms with E-state index in [0.29, 0.717) is 10.4 Å². The molecule has 3 heteroatoms. The highest BCUT2D eigenvalue weighted by atomic mass is 79.9. The van der Waals surface area contributed by atoms with Gasteiger partial charge in [0.1, 0.15) is 5.82 Å². The summed E-state index contributed by atoms with van der Waals surface area (Å²) < 4.78 is 13.5. The van der Waals surface area contributed by atoms with Crippen molar-refractivity contribution >= 4 is 37.9 Å². The summed E-state index contributed by atoms with van der Waals surface area (Å²) in [6.45, 7) is 4.29.